The first-order valence-electron chi connectivity index (χ1n) is 28.6. The van der Waals surface area contributed by atoms with E-state index in [0.717, 1.165) is 38.5 Å². The average molecular weight is 942 g/mol. The number of unbranched alkanes of at least 4 members (excludes halogenated alkanes) is 40. The molecule has 2 N–H and O–H groups in total. The summed E-state index contributed by atoms with van der Waals surface area (Å²) in [6.07, 6.45) is 58.6. The van der Waals surface area contributed by atoms with Crippen molar-refractivity contribution in [2.45, 2.75) is 302 Å². The maximum Gasteiger partial charge on any atom is 0.268 e. The Hall–Kier alpha value is -0.760. The fourth-order valence-corrected chi connectivity index (χ4v) is 9.47. The SMILES string of the molecule is CCCCCCCCCCCCCCC/C=C/[C@@H](O)[C@H](COP(=O)([O-])OCC[N+](C)(C)C)NC(=O)CCCCCCCCCCCCCCCCCCCCCCCCCCCCCC. The number of aliphatic hydroxyl groups excluding tert-OH is 1. The smallest absolute Gasteiger partial charge is 0.268 e. The molecule has 1 unspecified atom stereocenters. The van der Waals surface area contributed by atoms with Crippen molar-refractivity contribution in [1.29, 1.82) is 0 Å². The number of phosphoric acid groups is 1. The molecule has 0 spiro atoms. The molecule has 0 rings (SSSR count). The van der Waals surface area contributed by atoms with Gasteiger partial charge in [0.05, 0.1) is 39.9 Å². The van der Waals surface area contributed by atoms with Gasteiger partial charge in [0.25, 0.3) is 7.82 Å². The van der Waals surface area contributed by atoms with Crippen molar-refractivity contribution in [3.05, 3.63) is 12.2 Å². The highest BCUT2D eigenvalue weighted by Gasteiger charge is 2.23. The molecule has 0 aliphatic rings. The number of nitrogens with one attached hydrogen (secondary N) is 1. The van der Waals surface area contributed by atoms with Gasteiger partial charge >= 0.3 is 0 Å². The molecule has 388 valence electrons. The fourth-order valence-electron chi connectivity index (χ4n) is 8.74. The topological polar surface area (TPSA) is 108 Å². The number of hydrogen-bond acceptors (Lipinski definition) is 6. The van der Waals surface area contributed by atoms with E-state index in [-0.39, 0.29) is 19.1 Å². The molecule has 0 saturated heterocycles. The molecule has 0 aromatic rings. The number of carbonyl (C=O) groups is 1. The number of phosphoric ester groups is 1. The minimum atomic E-state index is -4.59. The Bertz CT molecular complexity index is 1070. The van der Waals surface area contributed by atoms with Crippen LogP contribution >= 0.6 is 7.82 Å². The van der Waals surface area contributed by atoms with Crippen molar-refractivity contribution in [2.24, 2.45) is 0 Å². The van der Waals surface area contributed by atoms with Gasteiger partial charge in [-0.05, 0) is 19.3 Å². The molecule has 0 radical (unpaired) electrons. The van der Waals surface area contributed by atoms with Crippen molar-refractivity contribution in [3.63, 3.8) is 0 Å². The zero-order chi connectivity index (χ0) is 47.8. The molecule has 0 aromatic heterocycles. The van der Waals surface area contributed by atoms with Crippen LogP contribution in [0.1, 0.15) is 290 Å². The van der Waals surface area contributed by atoms with E-state index in [1.807, 2.05) is 27.2 Å². The second-order valence-corrected chi connectivity index (χ2v) is 22.4. The molecule has 0 aromatic carbocycles. The number of aliphatic hydroxyl groups is 1. The van der Waals surface area contributed by atoms with E-state index in [1.54, 1.807) is 6.08 Å². The average Bonchev–Trinajstić information content (AvgIpc) is 3.26. The van der Waals surface area contributed by atoms with E-state index >= 15 is 0 Å². The third kappa shape index (κ3) is 50.9. The second-order valence-electron chi connectivity index (χ2n) is 21.0. The molecule has 0 fully saturated rings. The third-order valence-electron chi connectivity index (χ3n) is 13.2. The van der Waals surface area contributed by atoms with Crippen LogP contribution < -0.4 is 10.2 Å². The molecule has 0 heterocycles. The maximum atomic E-state index is 12.9. The molecule has 0 aliphatic heterocycles. The molecular weight excluding hydrogens is 828 g/mol. The van der Waals surface area contributed by atoms with E-state index in [9.17, 15) is 19.4 Å². The van der Waals surface area contributed by atoms with E-state index < -0.39 is 20.0 Å². The minimum Gasteiger partial charge on any atom is -0.756 e. The Morgan fingerprint density at radius 2 is 0.831 bits per heavy atom. The summed E-state index contributed by atoms with van der Waals surface area (Å²) in [6, 6.07) is -0.881. The number of nitrogens with zero attached hydrogens (tertiary/aromatic N) is 1. The first kappa shape index (κ1) is 64.2. The Kier molecular flexibility index (Phi) is 47.7. The molecule has 0 bridgehead atoms. The zero-order valence-corrected chi connectivity index (χ0v) is 45.1. The summed E-state index contributed by atoms with van der Waals surface area (Å²) in [5, 5.41) is 13.9. The lowest BCUT2D eigenvalue weighted by Gasteiger charge is -2.29. The predicted molar refractivity (Wildman–Crippen MR) is 279 cm³/mol. The molecule has 1 amide bonds. The first-order chi connectivity index (χ1) is 31.5. The Balaban J connectivity index is 4.08. The van der Waals surface area contributed by atoms with Crippen LogP contribution in [-0.4, -0.2) is 68.5 Å². The van der Waals surface area contributed by atoms with Crippen molar-refractivity contribution in [2.75, 3.05) is 40.9 Å². The highest BCUT2D eigenvalue weighted by Crippen LogP contribution is 2.38. The molecule has 0 aliphatic carbocycles. The normalized spacial score (nSPS) is 14.0. The maximum absolute atomic E-state index is 12.9. The summed E-state index contributed by atoms with van der Waals surface area (Å²) in [7, 11) is 1.28. The summed E-state index contributed by atoms with van der Waals surface area (Å²) in [4.78, 5) is 25.5. The number of allylic oxidation sites excluding steroid dienone is 1. The van der Waals surface area contributed by atoms with Crippen molar-refractivity contribution in [3.8, 4) is 0 Å². The molecule has 3 atom stereocenters. The van der Waals surface area contributed by atoms with Gasteiger partial charge in [0, 0.05) is 6.42 Å². The van der Waals surface area contributed by atoms with Gasteiger partial charge in [0.15, 0.2) is 0 Å². The summed E-state index contributed by atoms with van der Waals surface area (Å²) >= 11 is 0. The summed E-state index contributed by atoms with van der Waals surface area (Å²) in [6.45, 7) is 4.69. The van der Waals surface area contributed by atoms with Crippen LogP contribution in [0, 0.1) is 0 Å². The van der Waals surface area contributed by atoms with Gasteiger partial charge < -0.3 is 28.8 Å². The van der Waals surface area contributed by atoms with E-state index in [2.05, 4.69) is 19.2 Å². The lowest BCUT2D eigenvalue weighted by atomic mass is 10.0. The van der Waals surface area contributed by atoms with Gasteiger partial charge in [0.1, 0.15) is 13.2 Å². The van der Waals surface area contributed by atoms with Crippen molar-refractivity contribution < 1.29 is 32.9 Å². The highest BCUT2D eigenvalue weighted by atomic mass is 31.2. The van der Waals surface area contributed by atoms with Gasteiger partial charge in [-0.2, -0.15) is 0 Å². The van der Waals surface area contributed by atoms with Gasteiger partial charge in [-0.25, -0.2) is 0 Å². The summed E-state index contributed by atoms with van der Waals surface area (Å²) < 4.78 is 23.3. The quantitative estimate of drug-likeness (QED) is 0.0272. The first-order valence-corrected chi connectivity index (χ1v) is 30.0. The van der Waals surface area contributed by atoms with Crippen LogP contribution in [0.15, 0.2) is 12.2 Å². The van der Waals surface area contributed by atoms with E-state index in [0.29, 0.717) is 17.4 Å². The van der Waals surface area contributed by atoms with Crippen LogP contribution in [0.25, 0.3) is 0 Å². The van der Waals surface area contributed by atoms with Crippen LogP contribution in [0.2, 0.25) is 0 Å². The number of amides is 1. The van der Waals surface area contributed by atoms with Gasteiger partial charge in [-0.3, -0.25) is 9.36 Å². The number of hydrogen-bond donors (Lipinski definition) is 2. The molecule has 9 heteroatoms. The molecule has 65 heavy (non-hydrogen) atoms. The second kappa shape index (κ2) is 48.3. The lowest BCUT2D eigenvalue weighted by molar-refractivity contribution is -0.870. The standard InChI is InChI=1S/C56H113N2O6P/c1-6-8-10-12-14-16-18-20-22-23-24-25-26-27-28-29-30-31-32-33-34-36-38-40-42-44-46-48-50-56(60)57-54(53-64-65(61,62)63-52-51-58(3,4)5)55(59)49-47-45-43-41-39-37-35-21-19-17-15-13-11-9-7-2/h47,49,54-55,59H,6-46,48,50-53H2,1-5H3,(H-,57,60,61,62)/b49-47+/t54-,55+/m0/s1. The lowest BCUT2D eigenvalue weighted by Crippen LogP contribution is -2.45. The van der Waals surface area contributed by atoms with E-state index in [1.165, 1.54) is 231 Å². The molecular formula is C56H113N2O6P. The van der Waals surface area contributed by atoms with Crippen LogP contribution in [0.5, 0.6) is 0 Å². The van der Waals surface area contributed by atoms with Crippen molar-refractivity contribution >= 4 is 13.7 Å². The predicted octanol–water partition coefficient (Wildman–Crippen LogP) is 16.4. The number of quaternary nitrogens is 1. The van der Waals surface area contributed by atoms with Crippen LogP contribution in [-0.2, 0) is 18.4 Å². The third-order valence-corrected chi connectivity index (χ3v) is 14.2. The fraction of sp³-hybridized carbons (Fsp3) is 0.946. The summed E-state index contributed by atoms with van der Waals surface area (Å²) in [5.74, 6) is -0.191. The Morgan fingerprint density at radius 1 is 0.523 bits per heavy atom. The van der Waals surface area contributed by atoms with Crippen molar-refractivity contribution in [1.82, 2.24) is 5.32 Å². The Morgan fingerprint density at radius 3 is 1.15 bits per heavy atom. The van der Waals surface area contributed by atoms with Gasteiger partial charge in [-0.15, -0.1) is 0 Å². The number of carbonyl (C=O) groups excluding carboxylic acids is 1. The molecule has 0 saturated carbocycles. The largest absolute Gasteiger partial charge is 0.756 e. The number of likely N-dealkylation sites (N-methyl/N-ethyl adjacent to an activating group) is 1. The summed E-state index contributed by atoms with van der Waals surface area (Å²) in [5.41, 5.74) is 0. The molecule has 8 nitrogen and oxygen atoms in total. The number of rotatable bonds is 53. The van der Waals surface area contributed by atoms with E-state index in [4.69, 9.17) is 9.05 Å². The Labute approximate surface area is 405 Å². The van der Waals surface area contributed by atoms with Gasteiger partial charge in [0.2, 0.25) is 5.91 Å². The highest BCUT2D eigenvalue weighted by molar-refractivity contribution is 7.45. The van der Waals surface area contributed by atoms with Gasteiger partial charge in [-0.1, -0.05) is 276 Å². The van der Waals surface area contributed by atoms with Crippen LogP contribution in [0.3, 0.4) is 0 Å². The zero-order valence-electron chi connectivity index (χ0n) is 44.2. The van der Waals surface area contributed by atoms with Crippen LogP contribution in [0.4, 0.5) is 0 Å². The minimum absolute atomic E-state index is 0.00252. The monoisotopic (exact) mass is 941 g/mol.